The summed E-state index contributed by atoms with van der Waals surface area (Å²) in [5, 5.41) is 11.0. The Balaban J connectivity index is 1.65. The van der Waals surface area contributed by atoms with Gasteiger partial charge < -0.3 is 10.1 Å². The number of hydrogen-bond acceptors (Lipinski definition) is 6. The van der Waals surface area contributed by atoms with Crippen molar-refractivity contribution in [3.63, 3.8) is 0 Å². The molecule has 9 heteroatoms. The zero-order valence-electron chi connectivity index (χ0n) is 19.0. The third-order valence-electron chi connectivity index (χ3n) is 6.24. The number of ether oxygens (including phenoxy) is 1. The quantitative estimate of drug-likeness (QED) is 0.566. The Kier molecular flexibility index (Phi) is 8.33. The number of aromatic nitrogens is 3. The third kappa shape index (κ3) is 5.91. The molecule has 1 aromatic heterocycles. The summed E-state index contributed by atoms with van der Waals surface area (Å²) in [4.78, 5) is 27.0. The minimum atomic E-state index is -0.529. The van der Waals surface area contributed by atoms with Gasteiger partial charge in [-0.1, -0.05) is 44.0 Å². The standard InChI is InChI=1S/C23H32FN5O3/c1-4-16(5-2)13-28-14-19(29-15-20(26-27-29)23(31)32-3)12-21(28)22(30)25-11-10-17-6-8-18(24)9-7-17/h6-9,15-16,19,21H,4-5,10-14H2,1-3H3,(H,25,30)/t19-,21-/m0/s1. The SMILES string of the molecule is CCC(CC)CN1C[C@@H](n2cc(C(=O)OC)nn2)C[C@H]1C(=O)NCCc1ccc(F)cc1. The Morgan fingerprint density at radius 2 is 1.97 bits per heavy atom. The summed E-state index contributed by atoms with van der Waals surface area (Å²) >= 11 is 0. The van der Waals surface area contributed by atoms with E-state index in [-0.39, 0.29) is 29.5 Å². The molecule has 1 saturated heterocycles. The molecule has 1 N–H and O–H groups in total. The Morgan fingerprint density at radius 3 is 2.62 bits per heavy atom. The first kappa shape index (κ1) is 23.8. The van der Waals surface area contributed by atoms with Crippen molar-refractivity contribution in [3.8, 4) is 0 Å². The number of amides is 1. The van der Waals surface area contributed by atoms with E-state index in [9.17, 15) is 14.0 Å². The van der Waals surface area contributed by atoms with Crippen LogP contribution in [0.4, 0.5) is 4.39 Å². The number of nitrogens with zero attached hydrogens (tertiary/aromatic N) is 4. The predicted molar refractivity (Wildman–Crippen MR) is 118 cm³/mol. The number of halogens is 1. The van der Waals surface area contributed by atoms with Crippen LogP contribution in [0.1, 0.15) is 55.2 Å². The fraction of sp³-hybridized carbons (Fsp3) is 0.565. The molecule has 0 radical (unpaired) electrons. The molecule has 174 valence electrons. The maximum absolute atomic E-state index is 13.1. The van der Waals surface area contributed by atoms with Crippen molar-refractivity contribution in [2.45, 2.75) is 51.6 Å². The van der Waals surface area contributed by atoms with Gasteiger partial charge in [0.25, 0.3) is 0 Å². The van der Waals surface area contributed by atoms with Crippen molar-refractivity contribution in [2.75, 3.05) is 26.7 Å². The van der Waals surface area contributed by atoms with Crippen LogP contribution in [0.3, 0.4) is 0 Å². The van der Waals surface area contributed by atoms with Gasteiger partial charge in [0, 0.05) is 19.6 Å². The Hall–Kier alpha value is -2.81. The van der Waals surface area contributed by atoms with Crippen LogP contribution in [0.15, 0.2) is 30.5 Å². The molecule has 0 spiro atoms. The number of carbonyl (C=O) groups excluding carboxylic acids is 2. The van der Waals surface area contributed by atoms with Gasteiger partial charge in [0.15, 0.2) is 5.69 Å². The maximum Gasteiger partial charge on any atom is 0.360 e. The number of benzene rings is 1. The van der Waals surface area contributed by atoms with Gasteiger partial charge in [-0.2, -0.15) is 0 Å². The Bertz CT molecular complexity index is 897. The van der Waals surface area contributed by atoms with Crippen molar-refractivity contribution in [1.82, 2.24) is 25.2 Å². The van der Waals surface area contributed by atoms with Crippen molar-refractivity contribution in [2.24, 2.45) is 5.92 Å². The van der Waals surface area contributed by atoms with Crippen LogP contribution in [0.5, 0.6) is 0 Å². The summed E-state index contributed by atoms with van der Waals surface area (Å²) in [6.07, 6.45) is 4.91. The molecule has 1 aliphatic heterocycles. The molecule has 0 bridgehead atoms. The van der Waals surface area contributed by atoms with Crippen molar-refractivity contribution in [1.29, 1.82) is 0 Å². The van der Waals surface area contributed by atoms with Gasteiger partial charge in [-0.05, 0) is 36.5 Å². The molecule has 32 heavy (non-hydrogen) atoms. The molecular weight excluding hydrogens is 413 g/mol. The molecule has 1 aliphatic rings. The number of hydrogen-bond donors (Lipinski definition) is 1. The monoisotopic (exact) mass is 445 g/mol. The summed E-state index contributed by atoms with van der Waals surface area (Å²) in [7, 11) is 1.31. The summed E-state index contributed by atoms with van der Waals surface area (Å²) in [5.41, 5.74) is 1.13. The largest absolute Gasteiger partial charge is 0.464 e. The highest BCUT2D eigenvalue weighted by Crippen LogP contribution is 2.29. The van der Waals surface area contributed by atoms with Crippen LogP contribution in [0.25, 0.3) is 0 Å². The number of methoxy groups -OCH3 is 1. The number of likely N-dealkylation sites (tertiary alicyclic amines) is 1. The van der Waals surface area contributed by atoms with Crippen LogP contribution in [-0.4, -0.2) is 64.6 Å². The van der Waals surface area contributed by atoms with Crippen molar-refractivity contribution < 1.29 is 18.7 Å². The smallest absolute Gasteiger partial charge is 0.360 e. The van der Waals surface area contributed by atoms with E-state index in [1.54, 1.807) is 23.0 Å². The molecule has 0 unspecified atom stereocenters. The fourth-order valence-corrected chi connectivity index (χ4v) is 4.18. The van der Waals surface area contributed by atoms with Gasteiger partial charge in [0.2, 0.25) is 5.91 Å². The van der Waals surface area contributed by atoms with E-state index in [4.69, 9.17) is 4.74 Å². The maximum atomic E-state index is 13.1. The van der Waals surface area contributed by atoms with Crippen LogP contribution < -0.4 is 5.32 Å². The normalized spacial score (nSPS) is 18.8. The second kappa shape index (κ2) is 11.2. The number of carbonyl (C=O) groups is 2. The Labute approximate surface area is 188 Å². The molecule has 1 aromatic carbocycles. The van der Waals surface area contributed by atoms with Crippen LogP contribution in [0.2, 0.25) is 0 Å². The van der Waals surface area contributed by atoms with E-state index in [2.05, 4.69) is 34.4 Å². The minimum Gasteiger partial charge on any atom is -0.464 e. The third-order valence-corrected chi connectivity index (χ3v) is 6.24. The summed E-state index contributed by atoms with van der Waals surface area (Å²) in [6.45, 7) is 6.31. The minimum absolute atomic E-state index is 0.0196. The van der Waals surface area contributed by atoms with Gasteiger partial charge >= 0.3 is 5.97 Å². The van der Waals surface area contributed by atoms with Crippen LogP contribution in [-0.2, 0) is 16.0 Å². The molecule has 2 atom stereocenters. The van der Waals surface area contributed by atoms with Crippen molar-refractivity contribution >= 4 is 11.9 Å². The second-order valence-corrected chi connectivity index (χ2v) is 8.28. The average molecular weight is 446 g/mol. The Morgan fingerprint density at radius 1 is 1.25 bits per heavy atom. The van der Waals surface area contributed by atoms with Crippen LogP contribution >= 0.6 is 0 Å². The first-order chi connectivity index (χ1) is 15.4. The molecule has 1 fully saturated rings. The number of rotatable bonds is 10. The molecule has 2 heterocycles. The highest BCUT2D eigenvalue weighted by molar-refractivity contribution is 5.86. The first-order valence-corrected chi connectivity index (χ1v) is 11.2. The lowest BCUT2D eigenvalue weighted by Gasteiger charge is -2.27. The lowest BCUT2D eigenvalue weighted by atomic mass is 10.0. The van der Waals surface area contributed by atoms with Gasteiger partial charge in [-0.25, -0.2) is 13.9 Å². The highest BCUT2D eigenvalue weighted by atomic mass is 19.1. The number of nitrogens with one attached hydrogen (secondary N) is 1. The van der Waals surface area contributed by atoms with Gasteiger partial charge in [-0.15, -0.1) is 5.10 Å². The summed E-state index contributed by atoms with van der Waals surface area (Å²) in [5.74, 6) is -0.313. The lowest BCUT2D eigenvalue weighted by molar-refractivity contribution is -0.125. The molecule has 8 nitrogen and oxygen atoms in total. The zero-order chi connectivity index (χ0) is 23.1. The molecule has 0 saturated carbocycles. The molecule has 3 rings (SSSR count). The predicted octanol–water partition coefficient (Wildman–Crippen LogP) is 2.61. The van der Waals surface area contributed by atoms with E-state index in [0.29, 0.717) is 31.8 Å². The van der Waals surface area contributed by atoms with Crippen molar-refractivity contribution in [3.05, 3.63) is 47.5 Å². The topological polar surface area (TPSA) is 89.3 Å². The van der Waals surface area contributed by atoms with E-state index >= 15 is 0 Å². The van der Waals surface area contributed by atoms with Gasteiger partial charge in [0.05, 0.1) is 25.4 Å². The fourth-order valence-electron chi connectivity index (χ4n) is 4.18. The molecule has 2 aromatic rings. The average Bonchev–Trinajstić information content (AvgIpc) is 3.45. The number of esters is 1. The molecule has 1 amide bonds. The highest BCUT2D eigenvalue weighted by Gasteiger charge is 2.38. The molecule has 0 aliphatic carbocycles. The first-order valence-electron chi connectivity index (χ1n) is 11.2. The van der Waals surface area contributed by atoms with Gasteiger partial charge in [0.1, 0.15) is 5.82 Å². The van der Waals surface area contributed by atoms with E-state index in [0.717, 1.165) is 24.9 Å². The van der Waals surface area contributed by atoms with E-state index in [1.165, 1.54) is 19.2 Å². The summed E-state index contributed by atoms with van der Waals surface area (Å²) in [6, 6.07) is 5.99. The van der Waals surface area contributed by atoms with Crippen LogP contribution in [0, 0.1) is 11.7 Å². The van der Waals surface area contributed by atoms with Gasteiger partial charge in [-0.3, -0.25) is 9.69 Å². The zero-order valence-corrected chi connectivity index (χ0v) is 19.0. The second-order valence-electron chi connectivity index (χ2n) is 8.28. The van der Waals surface area contributed by atoms with E-state index in [1.807, 2.05) is 0 Å². The molecular formula is C23H32FN5O3. The lowest BCUT2D eigenvalue weighted by Crippen LogP contribution is -2.45. The summed E-state index contributed by atoms with van der Waals surface area (Å²) < 4.78 is 19.5. The van der Waals surface area contributed by atoms with E-state index < -0.39 is 5.97 Å².